The molecule has 112 valence electrons. The summed E-state index contributed by atoms with van der Waals surface area (Å²) in [5.74, 6) is 1.19. The number of rotatable bonds is 5. The van der Waals surface area contributed by atoms with Gasteiger partial charge in [-0.25, -0.2) is 4.98 Å². The number of Topliss-reactive ketones (excluding diaryl/α,β-unsaturated/α-hetero) is 1. The molecule has 2 heterocycles. The maximum absolute atomic E-state index is 12.6. The Bertz CT molecular complexity index is 647. The van der Waals surface area contributed by atoms with Crippen molar-refractivity contribution < 1.29 is 9.53 Å². The lowest BCUT2D eigenvalue weighted by atomic mass is 9.93. The lowest BCUT2D eigenvalue weighted by Gasteiger charge is -2.15. The van der Waals surface area contributed by atoms with Crippen LogP contribution in [0.15, 0.2) is 24.3 Å². The third-order valence-corrected chi connectivity index (χ3v) is 4.41. The zero-order valence-electron chi connectivity index (χ0n) is 12.7. The summed E-state index contributed by atoms with van der Waals surface area (Å²) >= 11 is 0. The molecule has 3 rings (SSSR count). The van der Waals surface area contributed by atoms with Crippen LogP contribution in [0.4, 0.5) is 0 Å². The van der Waals surface area contributed by atoms with Crippen molar-refractivity contribution in [2.24, 2.45) is 5.92 Å². The number of nitrogens with zero attached hydrogens (tertiary/aromatic N) is 2. The number of carbonyl (C=O) groups excluding carboxylic acids is 1. The normalized spacial score (nSPS) is 22.0. The Morgan fingerprint density at radius 3 is 2.95 bits per heavy atom. The molecule has 4 nitrogen and oxygen atoms in total. The van der Waals surface area contributed by atoms with Crippen LogP contribution in [0.25, 0.3) is 11.0 Å². The molecular weight excluding hydrogens is 264 g/mol. The number of hydrogen-bond donors (Lipinski definition) is 0. The van der Waals surface area contributed by atoms with Crippen LogP contribution in [0.5, 0.6) is 0 Å². The first kappa shape index (κ1) is 14.3. The fourth-order valence-electron chi connectivity index (χ4n) is 3.32. The van der Waals surface area contributed by atoms with E-state index in [9.17, 15) is 4.79 Å². The highest BCUT2D eigenvalue weighted by Gasteiger charge is 2.33. The van der Waals surface area contributed by atoms with E-state index in [0.717, 1.165) is 36.2 Å². The van der Waals surface area contributed by atoms with E-state index in [1.165, 1.54) is 0 Å². The molecular formula is C17H22N2O2. The number of ether oxygens (including phenoxy) is 1. The summed E-state index contributed by atoms with van der Waals surface area (Å²) in [6.07, 6.45) is 2.26. The number of benzene rings is 1. The standard InChI is InChI=1S/C17H22N2O2/c1-3-16-12(9-10-21-16)15(20)11-17-18-13-7-5-6-8-14(13)19(17)4-2/h5-8,12,16H,3-4,9-11H2,1-2H3. The summed E-state index contributed by atoms with van der Waals surface area (Å²) in [7, 11) is 0. The molecule has 0 amide bonds. The Morgan fingerprint density at radius 1 is 1.38 bits per heavy atom. The fourth-order valence-corrected chi connectivity index (χ4v) is 3.32. The molecule has 2 atom stereocenters. The van der Waals surface area contributed by atoms with E-state index < -0.39 is 0 Å². The van der Waals surface area contributed by atoms with Crippen molar-refractivity contribution in [2.45, 2.75) is 45.8 Å². The molecule has 4 heteroatoms. The van der Waals surface area contributed by atoms with Gasteiger partial charge >= 0.3 is 0 Å². The lowest BCUT2D eigenvalue weighted by Crippen LogP contribution is -2.26. The van der Waals surface area contributed by atoms with Crippen LogP contribution in [0, 0.1) is 5.92 Å². The van der Waals surface area contributed by atoms with Gasteiger partial charge in [0.15, 0.2) is 0 Å². The van der Waals surface area contributed by atoms with Gasteiger partial charge in [-0.3, -0.25) is 4.79 Å². The Balaban J connectivity index is 1.86. The number of hydrogen-bond acceptors (Lipinski definition) is 3. The predicted molar refractivity (Wildman–Crippen MR) is 82.3 cm³/mol. The number of aryl methyl sites for hydroxylation is 1. The van der Waals surface area contributed by atoms with Gasteiger partial charge in [-0.1, -0.05) is 19.1 Å². The molecule has 0 saturated carbocycles. The predicted octanol–water partition coefficient (Wildman–Crippen LogP) is 2.98. The van der Waals surface area contributed by atoms with Crippen molar-refractivity contribution in [3.63, 3.8) is 0 Å². The Kier molecular flexibility index (Phi) is 4.06. The molecule has 1 saturated heterocycles. The van der Waals surface area contributed by atoms with Gasteiger partial charge < -0.3 is 9.30 Å². The monoisotopic (exact) mass is 286 g/mol. The van der Waals surface area contributed by atoms with Crippen LogP contribution in [-0.4, -0.2) is 28.0 Å². The van der Waals surface area contributed by atoms with Gasteiger partial charge in [0.1, 0.15) is 11.6 Å². The molecule has 1 fully saturated rings. The number of para-hydroxylation sites is 2. The number of imidazole rings is 1. The second-order valence-corrected chi connectivity index (χ2v) is 5.62. The molecule has 0 N–H and O–H groups in total. The largest absolute Gasteiger partial charge is 0.377 e. The Morgan fingerprint density at radius 2 is 2.19 bits per heavy atom. The van der Waals surface area contributed by atoms with E-state index in [0.29, 0.717) is 13.0 Å². The van der Waals surface area contributed by atoms with Crippen molar-refractivity contribution in [3.05, 3.63) is 30.1 Å². The van der Waals surface area contributed by atoms with E-state index in [-0.39, 0.29) is 17.8 Å². The summed E-state index contributed by atoms with van der Waals surface area (Å²) in [5, 5.41) is 0. The molecule has 2 unspecified atom stereocenters. The van der Waals surface area contributed by atoms with Gasteiger partial charge in [0, 0.05) is 19.1 Å². The number of carbonyl (C=O) groups is 1. The Labute approximate surface area is 125 Å². The van der Waals surface area contributed by atoms with E-state index >= 15 is 0 Å². The first-order valence-electron chi connectivity index (χ1n) is 7.83. The highest BCUT2D eigenvalue weighted by atomic mass is 16.5. The molecule has 0 aliphatic carbocycles. The molecule has 1 aliphatic rings. The van der Waals surface area contributed by atoms with Gasteiger partial charge in [0.05, 0.1) is 23.6 Å². The fraction of sp³-hybridized carbons (Fsp3) is 0.529. The Hall–Kier alpha value is -1.68. The van der Waals surface area contributed by atoms with Crippen molar-refractivity contribution in [2.75, 3.05) is 6.61 Å². The van der Waals surface area contributed by atoms with E-state index in [1.54, 1.807) is 0 Å². The topological polar surface area (TPSA) is 44.1 Å². The van der Waals surface area contributed by atoms with Gasteiger partial charge in [-0.2, -0.15) is 0 Å². The van der Waals surface area contributed by atoms with Crippen LogP contribution in [0.2, 0.25) is 0 Å². The summed E-state index contributed by atoms with van der Waals surface area (Å²) < 4.78 is 7.78. The maximum Gasteiger partial charge on any atom is 0.146 e. The molecule has 0 spiro atoms. The van der Waals surface area contributed by atoms with Crippen LogP contribution in [0.3, 0.4) is 0 Å². The highest BCUT2D eigenvalue weighted by molar-refractivity contribution is 5.85. The second-order valence-electron chi connectivity index (χ2n) is 5.62. The summed E-state index contributed by atoms with van der Waals surface area (Å²) in [6.45, 7) is 5.72. The number of ketones is 1. The summed E-state index contributed by atoms with van der Waals surface area (Å²) in [5.41, 5.74) is 2.08. The third-order valence-electron chi connectivity index (χ3n) is 4.41. The summed E-state index contributed by atoms with van der Waals surface area (Å²) in [6, 6.07) is 8.06. The van der Waals surface area contributed by atoms with E-state index in [2.05, 4.69) is 29.5 Å². The van der Waals surface area contributed by atoms with Crippen LogP contribution < -0.4 is 0 Å². The quantitative estimate of drug-likeness (QED) is 0.848. The van der Waals surface area contributed by atoms with E-state index in [4.69, 9.17) is 4.74 Å². The first-order chi connectivity index (χ1) is 10.2. The minimum atomic E-state index is 0.0418. The number of fused-ring (bicyclic) bond motifs is 1. The first-order valence-corrected chi connectivity index (χ1v) is 7.83. The van der Waals surface area contributed by atoms with Crippen molar-refractivity contribution in [1.29, 1.82) is 0 Å². The molecule has 0 bridgehead atoms. The summed E-state index contributed by atoms with van der Waals surface area (Å²) in [4.78, 5) is 17.2. The molecule has 21 heavy (non-hydrogen) atoms. The molecule has 1 aromatic heterocycles. The molecule has 2 aromatic rings. The second kappa shape index (κ2) is 5.98. The maximum atomic E-state index is 12.6. The lowest BCUT2D eigenvalue weighted by molar-refractivity contribution is -0.124. The third kappa shape index (κ3) is 2.60. The molecule has 0 radical (unpaired) electrons. The van der Waals surface area contributed by atoms with Gasteiger partial charge in [-0.15, -0.1) is 0 Å². The van der Waals surface area contributed by atoms with Gasteiger partial charge in [-0.05, 0) is 31.9 Å². The van der Waals surface area contributed by atoms with Gasteiger partial charge in [0.2, 0.25) is 0 Å². The highest BCUT2D eigenvalue weighted by Crippen LogP contribution is 2.26. The smallest absolute Gasteiger partial charge is 0.146 e. The minimum Gasteiger partial charge on any atom is -0.377 e. The van der Waals surface area contributed by atoms with Crippen LogP contribution >= 0.6 is 0 Å². The average molecular weight is 286 g/mol. The zero-order valence-corrected chi connectivity index (χ0v) is 12.7. The van der Waals surface area contributed by atoms with Crippen molar-refractivity contribution >= 4 is 16.8 Å². The average Bonchev–Trinajstić information content (AvgIpc) is 3.10. The molecule has 1 aliphatic heterocycles. The van der Waals surface area contributed by atoms with Crippen molar-refractivity contribution in [3.8, 4) is 0 Å². The van der Waals surface area contributed by atoms with E-state index in [1.807, 2.05) is 18.2 Å². The van der Waals surface area contributed by atoms with Gasteiger partial charge in [0.25, 0.3) is 0 Å². The van der Waals surface area contributed by atoms with Crippen LogP contribution in [0.1, 0.15) is 32.5 Å². The van der Waals surface area contributed by atoms with Crippen LogP contribution in [-0.2, 0) is 22.5 Å². The van der Waals surface area contributed by atoms with Crippen molar-refractivity contribution in [1.82, 2.24) is 9.55 Å². The minimum absolute atomic E-state index is 0.0418. The molecule has 1 aromatic carbocycles. The number of aromatic nitrogens is 2. The zero-order chi connectivity index (χ0) is 14.8. The SMILES string of the molecule is CCC1OCCC1C(=O)Cc1nc2ccccc2n1CC.